The van der Waals surface area contributed by atoms with Gasteiger partial charge in [-0.1, -0.05) is 23.7 Å². The number of ether oxygens (including phenoxy) is 1. The van der Waals surface area contributed by atoms with Crippen molar-refractivity contribution in [3.05, 3.63) is 71.0 Å². The molecule has 1 aliphatic heterocycles. The van der Waals surface area contributed by atoms with E-state index >= 15 is 0 Å². The molecule has 0 aliphatic carbocycles. The number of methoxy groups -OCH3 is 1. The standard InChI is InChI=1S/C23H22ClN5O3/c1-32-21-9-7-19(27-28-21)15-2-4-16(5-3-15)23(31)29-12-10-18(11-13-29)26-22(30)17-6-8-20(24)25-14-17/h2-9,14,18H,10-13H2,1H3,(H,26,30). The number of piperidine rings is 1. The lowest BCUT2D eigenvalue weighted by Gasteiger charge is -2.32. The van der Waals surface area contributed by atoms with E-state index in [0.717, 1.165) is 5.56 Å². The molecule has 1 aliphatic rings. The Labute approximate surface area is 190 Å². The van der Waals surface area contributed by atoms with Crippen LogP contribution in [0.4, 0.5) is 0 Å². The number of hydrogen-bond acceptors (Lipinski definition) is 6. The predicted octanol–water partition coefficient (Wildman–Crippen LogP) is 3.24. The molecule has 0 radical (unpaired) electrons. The molecule has 1 saturated heterocycles. The third kappa shape index (κ3) is 5.03. The van der Waals surface area contributed by atoms with Gasteiger partial charge in [-0.25, -0.2) is 4.98 Å². The summed E-state index contributed by atoms with van der Waals surface area (Å²) in [5.41, 5.74) is 2.66. The van der Waals surface area contributed by atoms with Crippen molar-refractivity contribution < 1.29 is 14.3 Å². The first-order valence-corrected chi connectivity index (χ1v) is 10.6. The van der Waals surface area contributed by atoms with Crippen LogP contribution in [0, 0.1) is 0 Å². The third-order valence-corrected chi connectivity index (χ3v) is 5.61. The quantitative estimate of drug-likeness (QED) is 0.598. The van der Waals surface area contributed by atoms with Gasteiger partial charge in [-0.3, -0.25) is 9.59 Å². The van der Waals surface area contributed by atoms with Crippen LogP contribution in [0.5, 0.6) is 5.88 Å². The molecule has 2 amide bonds. The summed E-state index contributed by atoms with van der Waals surface area (Å²) in [7, 11) is 1.54. The van der Waals surface area contributed by atoms with Gasteiger partial charge in [0.15, 0.2) is 0 Å². The highest BCUT2D eigenvalue weighted by Crippen LogP contribution is 2.20. The zero-order valence-electron chi connectivity index (χ0n) is 17.5. The summed E-state index contributed by atoms with van der Waals surface area (Å²) in [6.07, 6.45) is 2.84. The van der Waals surface area contributed by atoms with E-state index in [0.29, 0.717) is 53.8 Å². The number of carbonyl (C=O) groups excluding carboxylic acids is 2. The maximum Gasteiger partial charge on any atom is 0.253 e. The van der Waals surface area contributed by atoms with E-state index in [1.54, 1.807) is 30.3 Å². The Bertz CT molecular complexity index is 1080. The second kappa shape index (κ2) is 9.74. The van der Waals surface area contributed by atoms with Gasteiger partial charge < -0.3 is 15.0 Å². The van der Waals surface area contributed by atoms with Crippen LogP contribution in [0.2, 0.25) is 5.15 Å². The summed E-state index contributed by atoms with van der Waals surface area (Å²) >= 11 is 5.76. The fourth-order valence-electron chi connectivity index (χ4n) is 3.55. The molecule has 9 heteroatoms. The molecule has 0 saturated carbocycles. The summed E-state index contributed by atoms with van der Waals surface area (Å²) in [6, 6.07) is 14.1. The van der Waals surface area contributed by atoms with Gasteiger partial charge in [-0.2, -0.15) is 0 Å². The lowest BCUT2D eigenvalue weighted by Crippen LogP contribution is -2.46. The van der Waals surface area contributed by atoms with Crippen LogP contribution in [-0.4, -0.2) is 58.1 Å². The van der Waals surface area contributed by atoms with Gasteiger partial charge in [0, 0.05) is 42.5 Å². The maximum absolute atomic E-state index is 12.9. The molecule has 3 heterocycles. The molecule has 164 valence electrons. The molecule has 0 unspecified atom stereocenters. The van der Waals surface area contributed by atoms with Crippen molar-refractivity contribution in [3.8, 4) is 17.1 Å². The molecule has 0 atom stereocenters. The van der Waals surface area contributed by atoms with E-state index in [4.69, 9.17) is 16.3 Å². The van der Waals surface area contributed by atoms with Crippen molar-refractivity contribution in [2.45, 2.75) is 18.9 Å². The Hall–Kier alpha value is -3.52. The van der Waals surface area contributed by atoms with E-state index in [1.165, 1.54) is 13.3 Å². The first kappa shape index (κ1) is 21.7. The van der Waals surface area contributed by atoms with Crippen LogP contribution in [0.25, 0.3) is 11.3 Å². The number of hydrogen-bond donors (Lipinski definition) is 1. The van der Waals surface area contributed by atoms with Crippen molar-refractivity contribution >= 4 is 23.4 Å². The number of amides is 2. The van der Waals surface area contributed by atoms with Gasteiger partial charge in [-0.15, -0.1) is 10.2 Å². The minimum atomic E-state index is -0.184. The minimum Gasteiger partial charge on any atom is -0.480 e. The van der Waals surface area contributed by atoms with Gasteiger partial charge >= 0.3 is 0 Å². The molecule has 4 rings (SSSR count). The van der Waals surface area contributed by atoms with Gasteiger partial charge in [0.1, 0.15) is 5.15 Å². The van der Waals surface area contributed by atoms with E-state index in [1.807, 2.05) is 23.1 Å². The molecular weight excluding hydrogens is 430 g/mol. The molecule has 32 heavy (non-hydrogen) atoms. The molecule has 8 nitrogen and oxygen atoms in total. The lowest BCUT2D eigenvalue weighted by molar-refractivity contribution is 0.0698. The number of pyridine rings is 1. The van der Waals surface area contributed by atoms with Crippen LogP contribution >= 0.6 is 11.6 Å². The number of likely N-dealkylation sites (tertiary alicyclic amines) is 1. The maximum atomic E-state index is 12.9. The molecule has 1 N–H and O–H groups in total. The zero-order chi connectivity index (χ0) is 22.5. The summed E-state index contributed by atoms with van der Waals surface area (Å²) in [5, 5.41) is 11.4. The zero-order valence-corrected chi connectivity index (χ0v) is 18.2. The van der Waals surface area contributed by atoms with Gasteiger partial charge in [0.25, 0.3) is 11.8 Å². The van der Waals surface area contributed by atoms with Crippen molar-refractivity contribution in [2.75, 3.05) is 20.2 Å². The highest BCUT2D eigenvalue weighted by Gasteiger charge is 2.25. The minimum absolute atomic E-state index is 0.0123. The predicted molar refractivity (Wildman–Crippen MR) is 120 cm³/mol. The summed E-state index contributed by atoms with van der Waals surface area (Å²) in [4.78, 5) is 31.0. The number of benzene rings is 1. The van der Waals surface area contributed by atoms with Crippen LogP contribution in [0.1, 0.15) is 33.6 Å². The normalized spacial score (nSPS) is 14.1. The van der Waals surface area contributed by atoms with Crippen molar-refractivity contribution in [1.29, 1.82) is 0 Å². The summed E-state index contributed by atoms with van der Waals surface area (Å²) in [6.45, 7) is 1.16. The van der Waals surface area contributed by atoms with Crippen molar-refractivity contribution in [3.63, 3.8) is 0 Å². The Kier molecular flexibility index (Phi) is 6.61. The van der Waals surface area contributed by atoms with Crippen LogP contribution < -0.4 is 10.1 Å². The fourth-order valence-corrected chi connectivity index (χ4v) is 3.67. The lowest BCUT2D eigenvalue weighted by atomic mass is 10.0. The largest absolute Gasteiger partial charge is 0.480 e. The number of nitrogens with zero attached hydrogens (tertiary/aromatic N) is 4. The van der Waals surface area contributed by atoms with E-state index in [2.05, 4.69) is 20.5 Å². The first-order chi connectivity index (χ1) is 15.5. The molecule has 1 fully saturated rings. The number of rotatable bonds is 5. The highest BCUT2D eigenvalue weighted by atomic mass is 35.5. The third-order valence-electron chi connectivity index (χ3n) is 5.38. The number of aromatic nitrogens is 3. The monoisotopic (exact) mass is 451 g/mol. The van der Waals surface area contributed by atoms with E-state index < -0.39 is 0 Å². The average Bonchev–Trinajstić information content (AvgIpc) is 2.84. The smallest absolute Gasteiger partial charge is 0.253 e. The van der Waals surface area contributed by atoms with Crippen LogP contribution in [0.3, 0.4) is 0 Å². The number of carbonyl (C=O) groups is 2. The number of halogens is 1. The van der Waals surface area contributed by atoms with Crippen molar-refractivity contribution in [1.82, 2.24) is 25.4 Å². The molecule has 0 spiro atoms. The molecular formula is C23H22ClN5O3. The molecule has 2 aromatic heterocycles. The molecule has 0 bridgehead atoms. The topological polar surface area (TPSA) is 97.3 Å². The second-order valence-electron chi connectivity index (χ2n) is 7.45. The van der Waals surface area contributed by atoms with E-state index in [9.17, 15) is 9.59 Å². The Morgan fingerprint density at radius 2 is 1.72 bits per heavy atom. The molecule has 1 aromatic carbocycles. The number of nitrogens with one attached hydrogen (secondary N) is 1. The summed E-state index contributed by atoms with van der Waals surface area (Å²) in [5.74, 6) is 0.241. The van der Waals surface area contributed by atoms with Crippen LogP contribution in [-0.2, 0) is 0 Å². The summed E-state index contributed by atoms with van der Waals surface area (Å²) < 4.78 is 5.02. The SMILES string of the molecule is COc1ccc(-c2ccc(C(=O)N3CCC(NC(=O)c4ccc(Cl)nc4)CC3)cc2)nn1. The fraction of sp³-hybridized carbons (Fsp3) is 0.261. The van der Waals surface area contributed by atoms with Gasteiger partial charge in [0.05, 0.1) is 18.4 Å². The first-order valence-electron chi connectivity index (χ1n) is 10.2. The molecule has 3 aromatic rings. The Morgan fingerprint density at radius 3 is 2.31 bits per heavy atom. The average molecular weight is 452 g/mol. The highest BCUT2D eigenvalue weighted by molar-refractivity contribution is 6.29. The second-order valence-corrected chi connectivity index (χ2v) is 7.84. The van der Waals surface area contributed by atoms with Gasteiger partial charge in [0.2, 0.25) is 5.88 Å². The van der Waals surface area contributed by atoms with Crippen LogP contribution in [0.15, 0.2) is 54.7 Å². The van der Waals surface area contributed by atoms with Gasteiger partial charge in [-0.05, 0) is 43.2 Å². The van der Waals surface area contributed by atoms with Crippen molar-refractivity contribution in [2.24, 2.45) is 0 Å². The Balaban J connectivity index is 1.31. The van der Waals surface area contributed by atoms with E-state index in [-0.39, 0.29) is 17.9 Å². The Morgan fingerprint density at radius 1 is 1.00 bits per heavy atom.